The fourth-order valence-electron chi connectivity index (χ4n) is 4.30. The molecular weight excluding hydrogens is 415 g/mol. The molecule has 0 heterocycles. The van der Waals surface area contributed by atoms with E-state index >= 15 is 4.39 Å². The maximum absolute atomic E-state index is 15.4. The highest BCUT2D eigenvalue weighted by Crippen LogP contribution is 2.30. The maximum atomic E-state index is 15.4. The number of unbranched alkanes of at least 4 members (excludes halogenated alkanes) is 3. The first-order chi connectivity index (χ1) is 16.7. The van der Waals surface area contributed by atoms with Gasteiger partial charge in [0.15, 0.2) is 0 Å². The Morgan fingerprint density at radius 1 is 0.618 bits per heavy atom. The molecule has 0 saturated heterocycles. The molecule has 0 radical (unpaired) electrons. The molecule has 4 rings (SSSR count). The number of benzene rings is 4. The number of hydrogen-bond donors (Lipinski definition) is 0. The highest BCUT2D eigenvalue weighted by Gasteiger charge is 2.10. The quantitative estimate of drug-likeness (QED) is 0.186. The summed E-state index contributed by atoms with van der Waals surface area (Å²) in [6.07, 6.45) is 8.29. The minimum Gasteiger partial charge on any atom is -0.206 e. The third-order valence-electron chi connectivity index (χ3n) is 6.41. The Kier molecular flexibility index (Phi) is 8.16. The van der Waals surface area contributed by atoms with Crippen molar-refractivity contribution in [2.24, 2.45) is 0 Å². The van der Waals surface area contributed by atoms with Gasteiger partial charge in [-0.1, -0.05) is 99.5 Å². The summed E-state index contributed by atoms with van der Waals surface area (Å²) < 4.78 is 15.4. The summed E-state index contributed by atoms with van der Waals surface area (Å²) in [6.45, 7) is 4.43. The van der Waals surface area contributed by atoms with E-state index < -0.39 is 0 Å². The molecule has 0 atom stereocenters. The molecule has 34 heavy (non-hydrogen) atoms. The van der Waals surface area contributed by atoms with Crippen LogP contribution < -0.4 is 0 Å². The third kappa shape index (κ3) is 5.95. The molecule has 0 amide bonds. The summed E-state index contributed by atoms with van der Waals surface area (Å²) in [5.74, 6) is 6.31. The molecule has 4 aromatic rings. The Morgan fingerprint density at radius 3 is 1.94 bits per heavy atom. The highest BCUT2D eigenvalue weighted by molar-refractivity contribution is 5.89. The van der Waals surface area contributed by atoms with Gasteiger partial charge in [0.1, 0.15) is 5.82 Å². The zero-order chi connectivity index (χ0) is 23.8. The van der Waals surface area contributed by atoms with Gasteiger partial charge < -0.3 is 0 Å². The Balaban J connectivity index is 1.51. The van der Waals surface area contributed by atoms with Crippen LogP contribution in [0.4, 0.5) is 4.39 Å². The lowest BCUT2D eigenvalue weighted by Crippen LogP contribution is -1.90. The summed E-state index contributed by atoms with van der Waals surface area (Å²) in [5, 5.41) is 1.51. The molecule has 1 heteroatoms. The average Bonchev–Trinajstić information content (AvgIpc) is 2.88. The van der Waals surface area contributed by atoms with Crippen LogP contribution in [0.1, 0.15) is 68.2 Å². The van der Waals surface area contributed by atoms with E-state index in [1.807, 2.05) is 42.5 Å². The van der Waals surface area contributed by atoms with Crippen molar-refractivity contribution >= 4 is 10.8 Å². The predicted octanol–water partition coefficient (Wildman–Crippen LogP) is 9.12. The van der Waals surface area contributed by atoms with Crippen molar-refractivity contribution in [2.45, 2.75) is 58.8 Å². The maximum Gasteiger partial charge on any atom is 0.138 e. The van der Waals surface area contributed by atoms with Crippen molar-refractivity contribution in [2.75, 3.05) is 0 Å². The van der Waals surface area contributed by atoms with Crippen LogP contribution in [0.2, 0.25) is 0 Å². The summed E-state index contributed by atoms with van der Waals surface area (Å²) in [6, 6.07) is 26.4. The molecule has 0 fully saturated rings. The van der Waals surface area contributed by atoms with Gasteiger partial charge in [-0.15, -0.1) is 0 Å². The number of halogens is 1. The second kappa shape index (κ2) is 11.7. The van der Waals surface area contributed by atoms with E-state index in [0.29, 0.717) is 10.9 Å². The first kappa shape index (κ1) is 23.8. The first-order valence-electron chi connectivity index (χ1n) is 12.6. The van der Waals surface area contributed by atoms with Gasteiger partial charge in [0.2, 0.25) is 0 Å². The van der Waals surface area contributed by atoms with E-state index in [4.69, 9.17) is 0 Å². The Hall–Kier alpha value is -3.37. The monoisotopic (exact) mass is 448 g/mol. The van der Waals surface area contributed by atoms with Gasteiger partial charge in [0, 0.05) is 22.1 Å². The lowest BCUT2D eigenvalue weighted by atomic mass is 9.97. The lowest BCUT2D eigenvalue weighted by Gasteiger charge is -2.09. The molecule has 0 nitrogen and oxygen atoms in total. The smallest absolute Gasteiger partial charge is 0.138 e. The van der Waals surface area contributed by atoms with E-state index in [2.05, 4.69) is 62.1 Å². The molecule has 0 aromatic heterocycles. The van der Waals surface area contributed by atoms with Gasteiger partial charge in [-0.05, 0) is 72.0 Å². The molecule has 0 spiro atoms. The highest BCUT2D eigenvalue weighted by atomic mass is 19.1. The molecule has 0 N–H and O–H groups in total. The van der Waals surface area contributed by atoms with Crippen LogP contribution >= 0.6 is 0 Å². The van der Waals surface area contributed by atoms with E-state index in [9.17, 15) is 0 Å². The minimum atomic E-state index is -0.168. The molecular formula is C33H33F. The number of rotatable bonds is 8. The second-order valence-corrected chi connectivity index (χ2v) is 9.07. The Morgan fingerprint density at radius 2 is 1.24 bits per heavy atom. The topological polar surface area (TPSA) is 0 Å². The van der Waals surface area contributed by atoms with Crippen molar-refractivity contribution in [3.63, 3.8) is 0 Å². The van der Waals surface area contributed by atoms with Crippen molar-refractivity contribution in [1.29, 1.82) is 0 Å². The van der Waals surface area contributed by atoms with Gasteiger partial charge in [-0.3, -0.25) is 0 Å². The predicted molar refractivity (Wildman–Crippen MR) is 144 cm³/mol. The lowest BCUT2D eigenvalue weighted by molar-refractivity contribution is 0.643. The molecule has 0 unspecified atom stereocenters. The van der Waals surface area contributed by atoms with E-state index in [-0.39, 0.29) is 5.82 Å². The van der Waals surface area contributed by atoms with Crippen LogP contribution in [0, 0.1) is 17.7 Å². The molecule has 0 aliphatic heterocycles. The first-order valence-corrected chi connectivity index (χ1v) is 12.6. The number of fused-ring (bicyclic) bond motifs is 1. The van der Waals surface area contributed by atoms with Gasteiger partial charge in [0.05, 0.1) is 0 Å². The van der Waals surface area contributed by atoms with Crippen LogP contribution in [-0.2, 0) is 12.8 Å². The van der Waals surface area contributed by atoms with Crippen LogP contribution in [0.3, 0.4) is 0 Å². The summed E-state index contributed by atoms with van der Waals surface area (Å²) in [5.41, 5.74) is 6.14. The van der Waals surface area contributed by atoms with Crippen molar-refractivity contribution in [3.8, 4) is 23.0 Å². The molecule has 0 bridgehead atoms. The second-order valence-electron chi connectivity index (χ2n) is 9.07. The van der Waals surface area contributed by atoms with Gasteiger partial charge in [-0.25, -0.2) is 4.39 Å². The number of aryl methyl sites for hydroxylation is 2. The van der Waals surface area contributed by atoms with Gasteiger partial charge in [-0.2, -0.15) is 0 Å². The molecule has 4 aromatic carbocycles. The van der Waals surface area contributed by atoms with Crippen LogP contribution in [-0.4, -0.2) is 0 Å². The van der Waals surface area contributed by atoms with Crippen molar-refractivity contribution in [3.05, 3.63) is 107 Å². The largest absolute Gasteiger partial charge is 0.206 e. The van der Waals surface area contributed by atoms with Crippen LogP contribution in [0.15, 0.2) is 78.9 Å². The fourth-order valence-corrected chi connectivity index (χ4v) is 4.30. The SMILES string of the molecule is CCCCCc1ccc(-c2ccc3cc(C#Cc4ccc(CCCC)cc4)ccc3c2F)cc1. The number of hydrogen-bond acceptors (Lipinski definition) is 0. The normalized spacial score (nSPS) is 10.8. The average molecular weight is 449 g/mol. The Bertz CT molecular complexity index is 1280. The molecule has 0 aliphatic rings. The van der Waals surface area contributed by atoms with Crippen LogP contribution in [0.25, 0.3) is 21.9 Å². The third-order valence-corrected chi connectivity index (χ3v) is 6.41. The van der Waals surface area contributed by atoms with Crippen molar-refractivity contribution < 1.29 is 4.39 Å². The van der Waals surface area contributed by atoms with Crippen LogP contribution in [0.5, 0.6) is 0 Å². The molecule has 172 valence electrons. The van der Waals surface area contributed by atoms with E-state index in [0.717, 1.165) is 34.9 Å². The Labute approximate surface area is 203 Å². The summed E-state index contributed by atoms with van der Waals surface area (Å²) in [7, 11) is 0. The zero-order valence-corrected chi connectivity index (χ0v) is 20.3. The summed E-state index contributed by atoms with van der Waals surface area (Å²) >= 11 is 0. The molecule has 0 aliphatic carbocycles. The fraction of sp³-hybridized carbons (Fsp3) is 0.273. The van der Waals surface area contributed by atoms with Gasteiger partial charge >= 0.3 is 0 Å². The van der Waals surface area contributed by atoms with E-state index in [1.54, 1.807) is 0 Å². The standard InChI is InChI=1S/C33H33F/c1-3-5-7-9-26-16-19-29(20-17-26)31-23-21-30-24-28(18-22-32(30)33(31)34)15-14-27-12-10-25(11-13-27)8-6-4-2/h10-13,16-24H,3-9H2,1-2H3. The van der Waals surface area contributed by atoms with Crippen molar-refractivity contribution in [1.82, 2.24) is 0 Å². The summed E-state index contributed by atoms with van der Waals surface area (Å²) in [4.78, 5) is 0. The van der Waals surface area contributed by atoms with E-state index in [1.165, 1.54) is 43.2 Å². The van der Waals surface area contributed by atoms with Gasteiger partial charge in [0.25, 0.3) is 0 Å². The minimum absolute atomic E-state index is 0.168. The molecule has 0 saturated carbocycles. The zero-order valence-electron chi connectivity index (χ0n) is 20.3.